The van der Waals surface area contributed by atoms with E-state index in [0.29, 0.717) is 40.9 Å². The Kier molecular flexibility index (Phi) is 6.06. The maximum absolute atomic E-state index is 12.2. The maximum atomic E-state index is 12.2. The molecule has 3 rings (SSSR count). The fourth-order valence-electron chi connectivity index (χ4n) is 2.69. The van der Waals surface area contributed by atoms with Crippen LogP contribution >= 0.6 is 11.6 Å². The molecule has 144 valence electrons. The molecule has 0 radical (unpaired) electrons. The van der Waals surface area contributed by atoms with Crippen molar-refractivity contribution in [3.63, 3.8) is 0 Å². The number of nitro benzene ring substituents is 1. The quantitative estimate of drug-likeness (QED) is 0.476. The molecule has 0 atom stereocenters. The van der Waals surface area contributed by atoms with Crippen molar-refractivity contribution in [1.29, 1.82) is 0 Å². The van der Waals surface area contributed by atoms with Crippen molar-refractivity contribution in [2.75, 3.05) is 6.54 Å². The zero-order valence-electron chi connectivity index (χ0n) is 15.1. The van der Waals surface area contributed by atoms with E-state index in [4.69, 9.17) is 16.0 Å². The van der Waals surface area contributed by atoms with Gasteiger partial charge in [-0.3, -0.25) is 14.9 Å². The van der Waals surface area contributed by atoms with Gasteiger partial charge in [0.15, 0.2) is 0 Å². The van der Waals surface area contributed by atoms with Crippen molar-refractivity contribution < 1.29 is 14.1 Å². The highest BCUT2D eigenvalue weighted by Crippen LogP contribution is 2.28. The summed E-state index contributed by atoms with van der Waals surface area (Å²) in [4.78, 5) is 26.8. The Labute approximate surface area is 166 Å². The van der Waals surface area contributed by atoms with Gasteiger partial charge in [-0.2, -0.15) is 0 Å². The molecule has 0 saturated heterocycles. The number of benzene rings is 2. The van der Waals surface area contributed by atoms with E-state index < -0.39 is 4.92 Å². The van der Waals surface area contributed by atoms with Gasteiger partial charge in [0.1, 0.15) is 5.76 Å². The number of rotatable bonds is 7. The summed E-state index contributed by atoms with van der Waals surface area (Å²) >= 11 is 6.16. The molecule has 28 heavy (non-hydrogen) atoms. The smallest absolute Gasteiger partial charge is 0.269 e. The van der Waals surface area contributed by atoms with Gasteiger partial charge < -0.3 is 9.73 Å². The Balaban J connectivity index is 1.55. The van der Waals surface area contributed by atoms with Crippen molar-refractivity contribution in [3.05, 3.63) is 80.7 Å². The Hall–Kier alpha value is -3.19. The van der Waals surface area contributed by atoms with E-state index in [1.54, 1.807) is 25.1 Å². The topological polar surface area (TPSA) is 98.3 Å². The van der Waals surface area contributed by atoms with E-state index in [1.807, 2.05) is 18.2 Å². The summed E-state index contributed by atoms with van der Waals surface area (Å²) in [6.45, 7) is 2.18. The second-order valence-corrected chi connectivity index (χ2v) is 6.61. The minimum Gasteiger partial charge on any atom is -0.441 e. The molecular formula is C20H18ClN3O4. The summed E-state index contributed by atoms with van der Waals surface area (Å²) in [7, 11) is 0. The third-order valence-corrected chi connectivity index (χ3v) is 4.54. The van der Waals surface area contributed by atoms with E-state index in [-0.39, 0.29) is 18.0 Å². The van der Waals surface area contributed by atoms with Crippen LogP contribution in [-0.2, 0) is 17.6 Å². The summed E-state index contributed by atoms with van der Waals surface area (Å²) in [6.07, 6.45) is 0.673. The average Bonchev–Trinajstić information content (AvgIpc) is 3.02. The number of hydrogen-bond donors (Lipinski definition) is 1. The van der Waals surface area contributed by atoms with Crippen LogP contribution in [0.1, 0.15) is 17.0 Å². The SMILES string of the molecule is Cc1oc(-c2ccccc2Cl)nc1CC(=O)NCCc1ccc([N+](=O)[O-])cc1. The molecule has 1 heterocycles. The second-order valence-electron chi connectivity index (χ2n) is 6.20. The van der Waals surface area contributed by atoms with Crippen molar-refractivity contribution >= 4 is 23.2 Å². The maximum Gasteiger partial charge on any atom is 0.269 e. The van der Waals surface area contributed by atoms with E-state index in [2.05, 4.69) is 10.3 Å². The molecule has 7 nitrogen and oxygen atoms in total. The number of non-ortho nitro benzene ring substituents is 1. The van der Waals surface area contributed by atoms with Crippen LogP contribution in [0.25, 0.3) is 11.5 Å². The van der Waals surface area contributed by atoms with Crippen LogP contribution < -0.4 is 5.32 Å². The number of carbonyl (C=O) groups is 1. The van der Waals surface area contributed by atoms with Gasteiger partial charge in [0.25, 0.3) is 5.69 Å². The van der Waals surface area contributed by atoms with Gasteiger partial charge in [0.05, 0.1) is 27.6 Å². The third-order valence-electron chi connectivity index (χ3n) is 4.21. The van der Waals surface area contributed by atoms with E-state index >= 15 is 0 Å². The first-order chi connectivity index (χ1) is 13.4. The molecule has 0 fully saturated rings. The summed E-state index contributed by atoms with van der Waals surface area (Å²) in [5.74, 6) is 0.779. The number of nitro groups is 1. The van der Waals surface area contributed by atoms with Crippen LogP contribution in [0.3, 0.4) is 0 Å². The van der Waals surface area contributed by atoms with E-state index in [1.165, 1.54) is 12.1 Å². The Morgan fingerprint density at radius 2 is 1.93 bits per heavy atom. The minimum absolute atomic E-state index is 0.0450. The van der Waals surface area contributed by atoms with Crippen LogP contribution in [0.2, 0.25) is 5.02 Å². The van der Waals surface area contributed by atoms with Gasteiger partial charge in [-0.25, -0.2) is 4.98 Å². The molecule has 1 amide bonds. The zero-order chi connectivity index (χ0) is 20.1. The van der Waals surface area contributed by atoms with Gasteiger partial charge in [-0.05, 0) is 31.0 Å². The lowest BCUT2D eigenvalue weighted by atomic mass is 10.1. The van der Waals surface area contributed by atoms with Gasteiger partial charge >= 0.3 is 0 Å². The molecule has 0 aliphatic rings. The largest absolute Gasteiger partial charge is 0.441 e. The molecular weight excluding hydrogens is 382 g/mol. The number of hydrogen-bond acceptors (Lipinski definition) is 5. The van der Waals surface area contributed by atoms with Crippen molar-refractivity contribution in [1.82, 2.24) is 10.3 Å². The molecule has 1 N–H and O–H groups in total. The highest BCUT2D eigenvalue weighted by molar-refractivity contribution is 6.33. The van der Waals surface area contributed by atoms with Crippen LogP contribution in [0.4, 0.5) is 5.69 Å². The fraction of sp³-hybridized carbons (Fsp3) is 0.200. The molecule has 0 spiro atoms. The van der Waals surface area contributed by atoms with Gasteiger partial charge in [-0.1, -0.05) is 35.9 Å². The van der Waals surface area contributed by atoms with Gasteiger partial charge in [0, 0.05) is 18.7 Å². The van der Waals surface area contributed by atoms with Gasteiger partial charge in [-0.15, -0.1) is 0 Å². The first-order valence-electron chi connectivity index (χ1n) is 8.65. The predicted molar refractivity (Wildman–Crippen MR) is 105 cm³/mol. The molecule has 3 aromatic rings. The molecule has 1 aromatic heterocycles. The van der Waals surface area contributed by atoms with E-state index in [9.17, 15) is 14.9 Å². The normalized spacial score (nSPS) is 10.6. The number of nitrogens with zero attached hydrogens (tertiary/aromatic N) is 2. The average molecular weight is 400 g/mol. The van der Waals surface area contributed by atoms with Crippen molar-refractivity contribution in [2.45, 2.75) is 19.8 Å². The number of oxazole rings is 1. The van der Waals surface area contributed by atoms with E-state index in [0.717, 1.165) is 5.56 Å². The van der Waals surface area contributed by atoms with Crippen LogP contribution in [0.5, 0.6) is 0 Å². The lowest BCUT2D eigenvalue weighted by Crippen LogP contribution is -2.27. The fourth-order valence-corrected chi connectivity index (χ4v) is 2.90. The standard InChI is InChI=1S/C20H18ClN3O4/c1-13-18(23-20(28-13)16-4-2-3-5-17(16)21)12-19(25)22-11-10-14-6-8-15(9-7-14)24(26)27/h2-9H,10-12H2,1H3,(H,22,25). The predicted octanol–water partition coefficient (Wildman–Crippen LogP) is 4.11. The van der Waals surface area contributed by atoms with Crippen molar-refractivity contribution in [2.24, 2.45) is 0 Å². The number of carbonyl (C=O) groups excluding carboxylic acids is 1. The number of halogens is 1. The molecule has 0 saturated carbocycles. The summed E-state index contributed by atoms with van der Waals surface area (Å²) in [5, 5.41) is 14.0. The molecule has 8 heteroatoms. The Bertz CT molecular complexity index is 999. The first-order valence-corrected chi connectivity index (χ1v) is 9.03. The number of aryl methyl sites for hydroxylation is 1. The molecule has 2 aromatic carbocycles. The number of amides is 1. The summed E-state index contributed by atoms with van der Waals surface area (Å²) < 4.78 is 5.66. The van der Waals surface area contributed by atoms with Crippen molar-refractivity contribution in [3.8, 4) is 11.5 Å². The van der Waals surface area contributed by atoms with Crippen LogP contribution in [0.15, 0.2) is 52.9 Å². The first kappa shape index (κ1) is 19.6. The Morgan fingerprint density at radius 3 is 2.61 bits per heavy atom. The van der Waals surface area contributed by atoms with Gasteiger partial charge in [0.2, 0.25) is 11.8 Å². The summed E-state index contributed by atoms with van der Waals surface area (Å²) in [5.41, 5.74) is 2.19. The zero-order valence-corrected chi connectivity index (χ0v) is 15.9. The number of aromatic nitrogens is 1. The van der Waals surface area contributed by atoms with Crippen LogP contribution in [-0.4, -0.2) is 22.4 Å². The molecule has 0 aliphatic heterocycles. The monoisotopic (exact) mass is 399 g/mol. The highest BCUT2D eigenvalue weighted by atomic mass is 35.5. The highest BCUT2D eigenvalue weighted by Gasteiger charge is 2.16. The Morgan fingerprint density at radius 1 is 1.21 bits per heavy atom. The molecule has 0 unspecified atom stereocenters. The lowest BCUT2D eigenvalue weighted by Gasteiger charge is -2.04. The number of nitrogens with one attached hydrogen (secondary N) is 1. The van der Waals surface area contributed by atoms with Crippen LogP contribution in [0, 0.1) is 17.0 Å². The summed E-state index contributed by atoms with van der Waals surface area (Å²) in [6, 6.07) is 13.5. The molecule has 0 bridgehead atoms. The molecule has 0 aliphatic carbocycles. The second kappa shape index (κ2) is 8.67. The minimum atomic E-state index is -0.442. The third kappa shape index (κ3) is 4.75. The lowest BCUT2D eigenvalue weighted by molar-refractivity contribution is -0.384.